The zero-order valence-electron chi connectivity index (χ0n) is 13.4. The highest BCUT2D eigenvalue weighted by Crippen LogP contribution is 2.20. The maximum absolute atomic E-state index is 5.55. The molecule has 0 radical (unpaired) electrons. The molecule has 1 atom stereocenters. The first-order chi connectivity index (χ1) is 9.75. The third kappa shape index (κ3) is 5.68. The third-order valence-electron chi connectivity index (χ3n) is 4.44. The van der Waals surface area contributed by atoms with Crippen LogP contribution >= 0.6 is 0 Å². The molecule has 2 saturated heterocycles. The molecule has 0 amide bonds. The largest absolute Gasteiger partial charge is 0.379 e. The summed E-state index contributed by atoms with van der Waals surface area (Å²) in [6.45, 7) is 13.7. The zero-order chi connectivity index (χ0) is 14.2. The molecule has 1 N–H and O–H groups in total. The average Bonchev–Trinajstić information content (AvgIpc) is 2.76. The fourth-order valence-corrected chi connectivity index (χ4v) is 3.36. The number of fused-ring (bicyclic) bond motifs is 1. The number of nitrogens with zero attached hydrogens (tertiary/aromatic N) is 2. The summed E-state index contributed by atoms with van der Waals surface area (Å²) in [6, 6.07) is 0.844. The lowest BCUT2D eigenvalue weighted by molar-refractivity contribution is 0.0770. The first kappa shape index (κ1) is 16.2. The summed E-state index contributed by atoms with van der Waals surface area (Å²) in [4.78, 5) is 5.37. The smallest absolute Gasteiger partial charge is 0.0518 e. The molecule has 20 heavy (non-hydrogen) atoms. The average molecular weight is 283 g/mol. The van der Waals surface area contributed by atoms with Crippen LogP contribution in [-0.2, 0) is 4.74 Å². The van der Waals surface area contributed by atoms with E-state index in [-0.39, 0.29) is 0 Å². The van der Waals surface area contributed by atoms with Gasteiger partial charge in [-0.2, -0.15) is 0 Å². The van der Waals surface area contributed by atoms with E-state index in [0.29, 0.717) is 6.10 Å². The summed E-state index contributed by atoms with van der Waals surface area (Å²) in [5.74, 6) is 0. The Labute approximate surface area is 124 Å². The third-order valence-corrected chi connectivity index (χ3v) is 4.44. The Bertz CT molecular complexity index is 260. The van der Waals surface area contributed by atoms with Crippen LogP contribution in [-0.4, -0.2) is 74.4 Å². The molecule has 4 heteroatoms. The molecule has 0 spiro atoms. The van der Waals surface area contributed by atoms with Gasteiger partial charge in [0.05, 0.1) is 6.10 Å². The summed E-state index contributed by atoms with van der Waals surface area (Å²) >= 11 is 0. The van der Waals surface area contributed by atoms with Crippen LogP contribution in [0.2, 0.25) is 0 Å². The molecule has 1 unspecified atom stereocenters. The molecule has 0 aliphatic carbocycles. The van der Waals surface area contributed by atoms with E-state index in [4.69, 9.17) is 4.74 Å². The van der Waals surface area contributed by atoms with Crippen molar-refractivity contribution in [2.45, 2.75) is 51.7 Å². The van der Waals surface area contributed by atoms with Gasteiger partial charge in [-0.3, -0.25) is 4.90 Å². The van der Waals surface area contributed by atoms with E-state index in [1.165, 1.54) is 52.0 Å². The van der Waals surface area contributed by atoms with E-state index < -0.39 is 0 Å². The molecule has 2 aliphatic rings. The second kappa shape index (κ2) is 8.98. The molecule has 2 aliphatic heterocycles. The van der Waals surface area contributed by atoms with E-state index in [0.717, 1.165) is 32.2 Å². The molecule has 0 aromatic heterocycles. The van der Waals surface area contributed by atoms with Crippen molar-refractivity contribution in [1.82, 2.24) is 15.1 Å². The molecule has 0 saturated carbocycles. The minimum absolute atomic E-state index is 0.362. The summed E-state index contributed by atoms with van der Waals surface area (Å²) < 4.78 is 5.55. The lowest BCUT2D eigenvalue weighted by Crippen LogP contribution is -2.39. The molecule has 2 rings (SSSR count). The van der Waals surface area contributed by atoms with Gasteiger partial charge in [0.15, 0.2) is 0 Å². The Morgan fingerprint density at radius 2 is 2.00 bits per heavy atom. The fourth-order valence-electron chi connectivity index (χ4n) is 3.36. The maximum Gasteiger partial charge on any atom is 0.0518 e. The van der Waals surface area contributed by atoms with E-state index in [1.54, 1.807) is 0 Å². The van der Waals surface area contributed by atoms with Crippen LogP contribution in [0.25, 0.3) is 0 Å². The summed E-state index contributed by atoms with van der Waals surface area (Å²) in [5.41, 5.74) is 0. The lowest BCUT2D eigenvalue weighted by Gasteiger charge is -2.25. The van der Waals surface area contributed by atoms with E-state index in [1.807, 2.05) is 0 Å². The van der Waals surface area contributed by atoms with Gasteiger partial charge in [-0.05, 0) is 65.7 Å². The Hall–Kier alpha value is -0.160. The van der Waals surface area contributed by atoms with Crippen LogP contribution in [0.5, 0.6) is 0 Å². The van der Waals surface area contributed by atoms with Gasteiger partial charge >= 0.3 is 0 Å². The summed E-state index contributed by atoms with van der Waals surface area (Å²) in [7, 11) is 0. The van der Waals surface area contributed by atoms with Gasteiger partial charge in [-0.1, -0.05) is 0 Å². The molecule has 0 bridgehead atoms. The van der Waals surface area contributed by atoms with Gasteiger partial charge < -0.3 is 15.0 Å². The topological polar surface area (TPSA) is 27.7 Å². The first-order valence-electron chi connectivity index (χ1n) is 8.54. The molecule has 0 aromatic carbocycles. The zero-order valence-corrected chi connectivity index (χ0v) is 13.4. The lowest BCUT2D eigenvalue weighted by atomic mass is 10.2. The van der Waals surface area contributed by atoms with Crippen LogP contribution in [0.4, 0.5) is 0 Å². The van der Waals surface area contributed by atoms with Crippen LogP contribution < -0.4 is 5.32 Å². The minimum atomic E-state index is 0.362. The van der Waals surface area contributed by atoms with Crippen molar-refractivity contribution in [3.05, 3.63) is 0 Å². The van der Waals surface area contributed by atoms with Crippen molar-refractivity contribution in [2.75, 3.05) is 52.4 Å². The number of ether oxygens (including phenoxy) is 1. The van der Waals surface area contributed by atoms with Crippen LogP contribution in [0.3, 0.4) is 0 Å². The van der Waals surface area contributed by atoms with E-state index in [2.05, 4.69) is 29.0 Å². The minimum Gasteiger partial charge on any atom is -0.379 e. The van der Waals surface area contributed by atoms with Crippen molar-refractivity contribution in [3.63, 3.8) is 0 Å². The van der Waals surface area contributed by atoms with Gasteiger partial charge in [-0.15, -0.1) is 0 Å². The molecule has 4 nitrogen and oxygen atoms in total. The van der Waals surface area contributed by atoms with Crippen LogP contribution in [0.15, 0.2) is 0 Å². The second-order valence-corrected chi connectivity index (χ2v) is 6.51. The second-order valence-electron chi connectivity index (χ2n) is 6.51. The summed E-state index contributed by atoms with van der Waals surface area (Å²) in [6.07, 6.45) is 5.65. The quantitative estimate of drug-likeness (QED) is 0.684. The van der Waals surface area contributed by atoms with E-state index >= 15 is 0 Å². The predicted octanol–water partition coefficient (Wildman–Crippen LogP) is 1.56. The standard InChI is InChI=1S/C16H33N3O/c1-15(2)20-13-4-7-17-8-12-18-9-5-11-19-10-3-6-16(19)14-18/h15-17H,3-14H2,1-2H3. The molecular formula is C16H33N3O. The van der Waals surface area contributed by atoms with Gasteiger partial charge in [-0.25, -0.2) is 0 Å². The Morgan fingerprint density at radius 1 is 1.15 bits per heavy atom. The Kier molecular flexibility index (Phi) is 7.28. The van der Waals surface area contributed by atoms with E-state index in [9.17, 15) is 0 Å². The first-order valence-corrected chi connectivity index (χ1v) is 8.54. The molecule has 2 heterocycles. The fraction of sp³-hybridized carbons (Fsp3) is 1.00. The van der Waals surface area contributed by atoms with Gasteiger partial charge in [0, 0.05) is 32.3 Å². The number of hydrogen-bond donors (Lipinski definition) is 1. The predicted molar refractivity (Wildman–Crippen MR) is 84.2 cm³/mol. The van der Waals surface area contributed by atoms with Crippen LogP contribution in [0, 0.1) is 0 Å². The maximum atomic E-state index is 5.55. The Morgan fingerprint density at radius 3 is 2.85 bits per heavy atom. The highest BCUT2D eigenvalue weighted by atomic mass is 16.5. The Balaban J connectivity index is 1.50. The van der Waals surface area contributed by atoms with Crippen molar-refractivity contribution < 1.29 is 4.74 Å². The molecule has 2 fully saturated rings. The van der Waals surface area contributed by atoms with Gasteiger partial charge in [0.2, 0.25) is 0 Å². The van der Waals surface area contributed by atoms with Crippen molar-refractivity contribution in [1.29, 1.82) is 0 Å². The van der Waals surface area contributed by atoms with Crippen molar-refractivity contribution in [3.8, 4) is 0 Å². The highest BCUT2D eigenvalue weighted by molar-refractivity contribution is 4.84. The monoisotopic (exact) mass is 283 g/mol. The van der Waals surface area contributed by atoms with Crippen LogP contribution in [0.1, 0.15) is 39.5 Å². The summed E-state index contributed by atoms with van der Waals surface area (Å²) in [5, 5.41) is 3.55. The number of hydrogen-bond acceptors (Lipinski definition) is 4. The van der Waals surface area contributed by atoms with Gasteiger partial charge in [0.1, 0.15) is 0 Å². The number of nitrogens with one attached hydrogen (secondary N) is 1. The number of rotatable bonds is 8. The molecular weight excluding hydrogens is 250 g/mol. The SMILES string of the molecule is CC(C)OCCCNCCN1CCCN2CCCC2C1. The normalized spacial score (nSPS) is 25.1. The van der Waals surface area contributed by atoms with Gasteiger partial charge in [0.25, 0.3) is 0 Å². The molecule has 118 valence electrons. The van der Waals surface area contributed by atoms with Crippen molar-refractivity contribution in [2.24, 2.45) is 0 Å². The highest BCUT2D eigenvalue weighted by Gasteiger charge is 2.28. The molecule has 0 aromatic rings. The van der Waals surface area contributed by atoms with Crippen molar-refractivity contribution >= 4 is 0 Å².